The quantitative estimate of drug-likeness (QED) is 0.718. The summed E-state index contributed by atoms with van der Waals surface area (Å²) >= 11 is 0. The molecule has 1 aliphatic rings. The highest BCUT2D eigenvalue weighted by atomic mass is 19.1. The lowest BCUT2D eigenvalue weighted by Crippen LogP contribution is -2.26. The van der Waals surface area contributed by atoms with Crippen LogP contribution in [-0.4, -0.2) is 28.0 Å². The molecule has 0 saturated heterocycles. The van der Waals surface area contributed by atoms with Crippen molar-refractivity contribution in [3.05, 3.63) is 65.4 Å². The molecular formula is C19H18FN3. The summed E-state index contributed by atoms with van der Waals surface area (Å²) in [6.07, 6.45) is 8.69. The number of fused-ring (bicyclic) bond motifs is 3. The van der Waals surface area contributed by atoms with E-state index in [1.54, 1.807) is 12.3 Å². The van der Waals surface area contributed by atoms with Gasteiger partial charge in [-0.25, -0.2) is 4.39 Å². The molecule has 0 spiro atoms. The van der Waals surface area contributed by atoms with E-state index in [9.17, 15) is 4.39 Å². The van der Waals surface area contributed by atoms with Gasteiger partial charge in [-0.2, -0.15) is 0 Å². The Labute approximate surface area is 134 Å². The van der Waals surface area contributed by atoms with Gasteiger partial charge in [-0.1, -0.05) is 6.07 Å². The summed E-state index contributed by atoms with van der Waals surface area (Å²) < 4.78 is 15.9. The minimum Gasteiger partial charge on any atom is -0.320 e. The number of hydrogen-bond donors (Lipinski definition) is 0. The molecule has 1 aromatic carbocycles. The van der Waals surface area contributed by atoms with E-state index in [0.29, 0.717) is 0 Å². The molecule has 0 fully saturated rings. The van der Waals surface area contributed by atoms with Crippen molar-refractivity contribution in [1.82, 2.24) is 14.5 Å². The van der Waals surface area contributed by atoms with E-state index in [-0.39, 0.29) is 5.82 Å². The van der Waals surface area contributed by atoms with Gasteiger partial charge in [-0.3, -0.25) is 4.98 Å². The van der Waals surface area contributed by atoms with Gasteiger partial charge in [-0.05, 0) is 48.5 Å². The molecule has 0 saturated carbocycles. The van der Waals surface area contributed by atoms with E-state index in [0.717, 1.165) is 36.0 Å². The van der Waals surface area contributed by atoms with Crippen LogP contribution in [0.15, 0.2) is 42.7 Å². The van der Waals surface area contributed by atoms with Gasteiger partial charge in [0, 0.05) is 49.2 Å². The van der Waals surface area contributed by atoms with Gasteiger partial charge < -0.3 is 9.47 Å². The minimum absolute atomic E-state index is 0.179. The Bertz CT molecular complexity index is 881. The number of rotatable bonds is 2. The number of hydrogen-bond acceptors (Lipinski definition) is 2. The highest BCUT2D eigenvalue weighted by molar-refractivity contribution is 5.88. The Morgan fingerprint density at radius 1 is 1.26 bits per heavy atom. The summed E-state index contributed by atoms with van der Waals surface area (Å²) in [6.45, 7) is 1.88. The molecule has 2 aromatic heterocycles. The molecule has 3 nitrogen and oxygen atoms in total. The van der Waals surface area contributed by atoms with Crippen LogP contribution in [0.4, 0.5) is 4.39 Å². The summed E-state index contributed by atoms with van der Waals surface area (Å²) in [5.41, 5.74) is 4.64. The SMILES string of the molecule is CN1CCc2c(c3cc(F)ccc3n2/C=C/c2cccnc2)C1. The highest BCUT2D eigenvalue weighted by Crippen LogP contribution is 2.31. The van der Waals surface area contributed by atoms with Crippen molar-refractivity contribution < 1.29 is 4.39 Å². The molecule has 0 N–H and O–H groups in total. The monoisotopic (exact) mass is 307 g/mol. The first-order chi connectivity index (χ1) is 11.2. The Hall–Kier alpha value is -2.46. The van der Waals surface area contributed by atoms with Crippen LogP contribution in [0.3, 0.4) is 0 Å². The third-order valence-electron chi connectivity index (χ3n) is 4.44. The van der Waals surface area contributed by atoms with Gasteiger partial charge in [0.2, 0.25) is 0 Å². The van der Waals surface area contributed by atoms with Crippen LogP contribution in [0.2, 0.25) is 0 Å². The Morgan fingerprint density at radius 2 is 2.17 bits per heavy atom. The average molecular weight is 307 g/mol. The van der Waals surface area contributed by atoms with E-state index in [1.165, 1.54) is 17.3 Å². The maximum absolute atomic E-state index is 13.7. The van der Waals surface area contributed by atoms with Crippen molar-refractivity contribution in [3.63, 3.8) is 0 Å². The first kappa shape index (κ1) is 14.2. The number of pyridine rings is 1. The molecule has 0 radical (unpaired) electrons. The van der Waals surface area contributed by atoms with Crippen LogP contribution >= 0.6 is 0 Å². The van der Waals surface area contributed by atoms with Crippen molar-refractivity contribution in [3.8, 4) is 0 Å². The molecule has 0 amide bonds. The zero-order chi connectivity index (χ0) is 15.8. The zero-order valence-electron chi connectivity index (χ0n) is 13.0. The standard InChI is InChI=1S/C19H18FN3/c1-22-9-7-19-17(13-22)16-11-15(20)4-5-18(16)23(19)10-6-14-3-2-8-21-12-14/h2-6,8,10-12H,7,9,13H2,1H3/b10-6+. The first-order valence-corrected chi connectivity index (χ1v) is 7.80. The van der Waals surface area contributed by atoms with Gasteiger partial charge in [0.25, 0.3) is 0 Å². The number of likely N-dealkylation sites (N-methyl/N-ethyl adjacent to an activating group) is 1. The van der Waals surface area contributed by atoms with Crippen molar-refractivity contribution in [1.29, 1.82) is 0 Å². The van der Waals surface area contributed by atoms with Crippen molar-refractivity contribution in [2.45, 2.75) is 13.0 Å². The fraction of sp³-hybridized carbons (Fsp3) is 0.211. The van der Waals surface area contributed by atoms with E-state index in [4.69, 9.17) is 0 Å². The molecule has 0 aliphatic carbocycles. The van der Waals surface area contributed by atoms with Crippen LogP contribution in [0.5, 0.6) is 0 Å². The molecule has 1 aliphatic heterocycles. The third-order valence-corrected chi connectivity index (χ3v) is 4.44. The van der Waals surface area contributed by atoms with Gasteiger partial charge in [0.15, 0.2) is 0 Å². The lowest BCUT2D eigenvalue weighted by Gasteiger charge is -2.23. The molecule has 4 rings (SSSR count). The molecule has 23 heavy (non-hydrogen) atoms. The Morgan fingerprint density at radius 3 is 3.00 bits per heavy atom. The van der Waals surface area contributed by atoms with E-state index < -0.39 is 0 Å². The maximum atomic E-state index is 13.7. The van der Waals surface area contributed by atoms with Gasteiger partial charge in [0.1, 0.15) is 5.82 Å². The first-order valence-electron chi connectivity index (χ1n) is 7.80. The second-order valence-corrected chi connectivity index (χ2v) is 6.05. The normalized spacial score (nSPS) is 15.4. The van der Waals surface area contributed by atoms with E-state index in [1.807, 2.05) is 30.5 Å². The molecule has 3 heterocycles. The fourth-order valence-electron chi connectivity index (χ4n) is 3.31. The van der Waals surface area contributed by atoms with Crippen LogP contribution in [0.1, 0.15) is 16.8 Å². The number of nitrogens with zero attached hydrogens (tertiary/aromatic N) is 3. The maximum Gasteiger partial charge on any atom is 0.123 e. The van der Waals surface area contributed by atoms with Gasteiger partial charge in [-0.15, -0.1) is 0 Å². The average Bonchev–Trinajstić information content (AvgIpc) is 2.86. The molecule has 0 unspecified atom stereocenters. The molecule has 3 aromatic rings. The number of aromatic nitrogens is 2. The molecular weight excluding hydrogens is 289 g/mol. The van der Waals surface area contributed by atoms with Crippen molar-refractivity contribution >= 4 is 23.2 Å². The predicted molar refractivity (Wildman–Crippen MR) is 91.4 cm³/mol. The molecule has 4 heteroatoms. The fourth-order valence-corrected chi connectivity index (χ4v) is 3.31. The van der Waals surface area contributed by atoms with Crippen LogP contribution in [-0.2, 0) is 13.0 Å². The summed E-state index contributed by atoms with van der Waals surface area (Å²) in [5, 5.41) is 1.02. The molecule has 116 valence electrons. The van der Waals surface area contributed by atoms with Gasteiger partial charge in [0.05, 0.1) is 5.52 Å². The highest BCUT2D eigenvalue weighted by Gasteiger charge is 2.21. The van der Waals surface area contributed by atoms with Crippen molar-refractivity contribution in [2.75, 3.05) is 13.6 Å². The smallest absolute Gasteiger partial charge is 0.123 e. The van der Waals surface area contributed by atoms with Crippen LogP contribution in [0.25, 0.3) is 23.2 Å². The lowest BCUT2D eigenvalue weighted by molar-refractivity contribution is 0.312. The second-order valence-electron chi connectivity index (χ2n) is 6.05. The Balaban J connectivity index is 1.87. The predicted octanol–water partition coefficient (Wildman–Crippen LogP) is 3.79. The largest absolute Gasteiger partial charge is 0.320 e. The summed E-state index contributed by atoms with van der Waals surface area (Å²) in [4.78, 5) is 6.42. The zero-order valence-corrected chi connectivity index (χ0v) is 13.0. The van der Waals surface area contributed by atoms with Gasteiger partial charge >= 0.3 is 0 Å². The number of halogens is 1. The van der Waals surface area contributed by atoms with Crippen molar-refractivity contribution in [2.24, 2.45) is 0 Å². The molecule has 0 atom stereocenters. The van der Waals surface area contributed by atoms with E-state index >= 15 is 0 Å². The van der Waals surface area contributed by atoms with Crippen LogP contribution < -0.4 is 0 Å². The third kappa shape index (κ3) is 2.55. The summed E-state index contributed by atoms with van der Waals surface area (Å²) in [5.74, 6) is -0.179. The topological polar surface area (TPSA) is 21.1 Å². The Kier molecular flexibility index (Phi) is 3.46. The minimum atomic E-state index is -0.179. The van der Waals surface area contributed by atoms with E-state index in [2.05, 4.69) is 27.7 Å². The summed E-state index contributed by atoms with van der Waals surface area (Å²) in [7, 11) is 2.11. The number of benzene rings is 1. The summed E-state index contributed by atoms with van der Waals surface area (Å²) in [6, 6.07) is 9.01. The van der Waals surface area contributed by atoms with Crippen LogP contribution in [0, 0.1) is 5.82 Å². The lowest BCUT2D eigenvalue weighted by atomic mass is 10.1. The molecule has 0 bridgehead atoms. The second kappa shape index (κ2) is 5.63.